The molecule has 0 heterocycles. The van der Waals surface area contributed by atoms with Crippen LogP contribution in [0, 0.1) is 15.9 Å². The summed E-state index contributed by atoms with van der Waals surface area (Å²) < 4.78 is 12.6. The molecular weight excluding hydrogens is 216 g/mol. The maximum Gasteiger partial charge on any atom is 1.00 e. The molecule has 1 aromatic carbocycles. The molecule has 14 heavy (non-hydrogen) atoms. The first-order valence-corrected chi connectivity index (χ1v) is 3.66. The summed E-state index contributed by atoms with van der Waals surface area (Å²) in [6.07, 6.45) is -0.0198. The van der Waals surface area contributed by atoms with E-state index in [1.165, 1.54) is 0 Å². The molecule has 0 aliphatic carbocycles. The zero-order valence-corrected chi connectivity index (χ0v) is 10.8. The third kappa shape index (κ3) is 3.72. The molecule has 6 heteroatoms. The molecule has 0 aliphatic heterocycles. The van der Waals surface area contributed by atoms with E-state index >= 15 is 0 Å². The largest absolute Gasteiger partial charge is 1.00 e. The molecule has 0 saturated heterocycles. The van der Waals surface area contributed by atoms with Gasteiger partial charge in [0.05, 0.1) is 4.92 Å². The molecule has 0 unspecified atom stereocenters. The van der Waals surface area contributed by atoms with Gasteiger partial charge in [-0.05, 0) is 18.6 Å². The van der Waals surface area contributed by atoms with E-state index in [1.54, 1.807) is 0 Å². The first-order valence-electron chi connectivity index (χ1n) is 3.66. The van der Waals surface area contributed by atoms with Gasteiger partial charge in [-0.1, -0.05) is 0 Å². The summed E-state index contributed by atoms with van der Waals surface area (Å²) in [6, 6.07) is 3.10. The Labute approximate surface area is 123 Å². The van der Waals surface area contributed by atoms with E-state index < -0.39 is 17.3 Å². The Kier molecular flexibility index (Phi) is 6.67. The predicted molar refractivity (Wildman–Crippen MR) is 41.6 cm³/mol. The Morgan fingerprint density at radius 1 is 1.43 bits per heavy atom. The smallest absolute Gasteiger partial charge is 0.854 e. The second-order valence-corrected chi connectivity index (χ2v) is 2.48. The fraction of sp³-hybridized carbons (Fsp3) is 0.250. The third-order valence-corrected chi connectivity index (χ3v) is 1.61. The Bertz CT molecular complexity index is 332. The average molecular weight is 223 g/mol. The number of benzene rings is 1. The SMILES string of the molecule is O=[N+]([O-])c1ccc(F)cc1CC[O-].[K+]. The number of nitro benzene ring substituents is 1. The van der Waals surface area contributed by atoms with Gasteiger partial charge in [0.2, 0.25) is 0 Å². The molecule has 1 rings (SSSR count). The molecule has 1 aromatic rings. The van der Waals surface area contributed by atoms with Crippen molar-refractivity contribution in [2.45, 2.75) is 6.42 Å². The van der Waals surface area contributed by atoms with Crippen LogP contribution in [-0.2, 0) is 6.42 Å². The standard InChI is InChI=1S/C8H7FNO3.K/c9-7-1-2-8(10(12)13)6(5-7)3-4-11;/h1-2,5H,3-4H2;/q-1;+1. The van der Waals surface area contributed by atoms with Crippen molar-refractivity contribution in [3.8, 4) is 0 Å². The molecular formula is C8H7FKNO3. The van der Waals surface area contributed by atoms with Crippen LogP contribution in [0.2, 0.25) is 0 Å². The topological polar surface area (TPSA) is 66.2 Å². The summed E-state index contributed by atoms with van der Waals surface area (Å²) in [7, 11) is 0. The monoisotopic (exact) mass is 223 g/mol. The van der Waals surface area contributed by atoms with Gasteiger partial charge in [-0.2, -0.15) is 0 Å². The number of hydrogen-bond acceptors (Lipinski definition) is 3. The fourth-order valence-corrected chi connectivity index (χ4v) is 1.04. The first kappa shape index (κ1) is 14.1. The van der Waals surface area contributed by atoms with E-state index in [2.05, 4.69) is 0 Å². The molecule has 0 amide bonds. The van der Waals surface area contributed by atoms with Crippen LogP contribution in [-0.4, -0.2) is 11.5 Å². The summed E-state index contributed by atoms with van der Waals surface area (Å²) >= 11 is 0. The minimum absolute atomic E-state index is 0. The van der Waals surface area contributed by atoms with Gasteiger partial charge in [-0.25, -0.2) is 4.39 Å². The van der Waals surface area contributed by atoms with Crippen molar-refractivity contribution in [1.29, 1.82) is 0 Å². The number of hydrogen-bond donors (Lipinski definition) is 0. The van der Waals surface area contributed by atoms with Crippen LogP contribution in [0.15, 0.2) is 18.2 Å². The zero-order valence-electron chi connectivity index (χ0n) is 7.70. The Morgan fingerprint density at radius 3 is 2.57 bits per heavy atom. The van der Waals surface area contributed by atoms with E-state index in [4.69, 9.17) is 0 Å². The van der Waals surface area contributed by atoms with Gasteiger partial charge >= 0.3 is 51.4 Å². The van der Waals surface area contributed by atoms with Crippen molar-refractivity contribution >= 4 is 5.69 Å². The summed E-state index contributed by atoms with van der Waals surface area (Å²) in [5, 5.41) is 20.6. The van der Waals surface area contributed by atoms with E-state index in [9.17, 15) is 19.6 Å². The zero-order chi connectivity index (χ0) is 9.84. The molecule has 0 atom stereocenters. The van der Waals surface area contributed by atoms with Crippen LogP contribution in [0.5, 0.6) is 0 Å². The molecule has 0 saturated carbocycles. The van der Waals surface area contributed by atoms with Crippen molar-refractivity contribution < 1.29 is 65.8 Å². The van der Waals surface area contributed by atoms with E-state index in [-0.39, 0.29) is 69.1 Å². The average Bonchev–Trinajstić information content (AvgIpc) is 2.04. The normalized spacial score (nSPS) is 9.29. The number of nitro groups is 1. The van der Waals surface area contributed by atoms with Gasteiger partial charge in [0, 0.05) is 11.6 Å². The molecule has 0 bridgehead atoms. The van der Waals surface area contributed by atoms with E-state index in [0.29, 0.717) is 0 Å². The van der Waals surface area contributed by atoms with Crippen molar-refractivity contribution in [2.75, 3.05) is 6.61 Å². The third-order valence-electron chi connectivity index (χ3n) is 1.61. The Balaban J connectivity index is 0.00000169. The number of halogens is 1. The van der Waals surface area contributed by atoms with Gasteiger partial charge in [-0.15, -0.1) is 6.61 Å². The molecule has 70 valence electrons. The molecule has 4 nitrogen and oxygen atoms in total. The van der Waals surface area contributed by atoms with Crippen LogP contribution < -0.4 is 56.5 Å². The van der Waals surface area contributed by atoms with E-state index in [0.717, 1.165) is 18.2 Å². The minimum atomic E-state index is -0.621. The van der Waals surface area contributed by atoms with Gasteiger partial charge in [0.25, 0.3) is 5.69 Å². The second kappa shape index (κ2) is 6.60. The summed E-state index contributed by atoms with van der Waals surface area (Å²) in [5.41, 5.74) is -0.0442. The Morgan fingerprint density at radius 2 is 2.07 bits per heavy atom. The maximum atomic E-state index is 12.6. The summed E-state index contributed by atoms with van der Waals surface area (Å²) in [4.78, 5) is 9.77. The minimum Gasteiger partial charge on any atom is -0.854 e. The van der Waals surface area contributed by atoms with Crippen molar-refractivity contribution in [2.24, 2.45) is 0 Å². The van der Waals surface area contributed by atoms with Crippen LogP contribution in [0.4, 0.5) is 10.1 Å². The summed E-state index contributed by atoms with van der Waals surface area (Å²) in [5.74, 6) is -0.561. The Hall–Kier alpha value is 0.146. The van der Waals surface area contributed by atoms with Crippen LogP contribution in [0.25, 0.3) is 0 Å². The van der Waals surface area contributed by atoms with Gasteiger partial charge < -0.3 is 5.11 Å². The van der Waals surface area contributed by atoms with Crippen molar-refractivity contribution in [1.82, 2.24) is 0 Å². The molecule has 0 spiro atoms. The molecule has 0 aliphatic rings. The van der Waals surface area contributed by atoms with Crippen molar-refractivity contribution in [3.63, 3.8) is 0 Å². The van der Waals surface area contributed by atoms with Crippen LogP contribution >= 0.6 is 0 Å². The van der Waals surface area contributed by atoms with Gasteiger partial charge in [0.15, 0.2) is 0 Å². The maximum absolute atomic E-state index is 12.6. The molecule has 0 N–H and O–H groups in total. The number of nitrogens with zero attached hydrogens (tertiary/aromatic N) is 1. The second-order valence-electron chi connectivity index (χ2n) is 2.48. The van der Waals surface area contributed by atoms with Gasteiger partial charge in [0.1, 0.15) is 5.82 Å². The quantitative estimate of drug-likeness (QED) is 0.327. The predicted octanol–water partition coefficient (Wildman–Crippen LogP) is -2.36. The van der Waals surface area contributed by atoms with E-state index in [1.807, 2.05) is 0 Å². The van der Waals surface area contributed by atoms with Crippen LogP contribution in [0.1, 0.15) is 5.56 Å². The van der Waals surface area contributed by atoms with Gasteiger partial charge in [-0.3, -0.25) is 10.1 Å². The first-order chi connectivity index (χ1) is 6.15. The molecule has 0 fully saturated rings. The number of rotatable bonds is 3. The molecule has 0 aromatic heterocycles. The molecule has 0 radical (unpaired) electrons. The van der Waals surface area contributed by atoms with Crippen LogP contribution in [0.3, 0.4) is 0 Å². The summed E-state index contributed by atoms with van der Waals surface area (Å²) in [6.45, 7) is -0.482. The fourth-order valence-electron chi connectivity index (χ4n) is 1.04. The van der Waals surface area contributed by atoms with Crippen molar-refractivity contribution in [3.05, 3.63) is 39.7 Å².